The molecule has 0 aromatic heterocycles. The van der Waals surface area contributed by atoms with Gasteiger partial charge >= 0.3 is 5.97 Å². The van der Waals surface area contributed by atoms with Crippen LogP contribution in [0.2, 0.25) is 0 Å². The average Bonchev–Trinajstić information content (AvgIpc) is 3.06. The minimum absolute atomic E-state index is 0.0616. The number of carboxylic acids is 1. The van der Waals surface area contributed by atoms with E-state index in [2.05, 4.69) is 5.32 Å². The molecule has 3 rings (SSSR count). The molecule has 4 nitrogen and oxygen atoms in total. The molecular weight excluding hydrogens is 302 g/mol. The molecule has 4 heteroatoms. The second kappa shape index (κ2) is 7.30. The predicted molar refractivity (Wildman–Crippen MR) is 91.6 cm³/mol. The minimum Gasteiger partial charge on any atom is -0.481 e. The Bertz CT molecular complexity index is 660. The Labute approximate surface area is 141 Å². The number of carbonyl (C=O) groups excluding carboxylic acids is 1. The van der Waals surface area contributed by atoms with Crippen molar-refractivity contribution in [3.8, 4) is 0 Å². The fourth-order valence-corrected chi connectivity index (χ4v) is 3.41. The van der Waals surface area contributed by atoms with Gasteiger partial charge in [0, 0.05) is 6.04 Å². The summed E-state index contributed by atoms with van der Waals surface area (Å²) in [5.41, 5.74) is 1.88. The van der Waals surface area contributed by atoms with Crippen molar-refractivity contribution in [3.05, 3.63) is 71.8 Å². The highest BCUT2D eigenvalue weighted by molar-refractivity contribution is 5.87. The van der Waals surface area contributed by atoms with Gasteiger partial charge in [-0.3, -0.25) is 9.59 Å². The van der Waals surface area contributed by atoms with Crippen molar-refractivity contribution in [1.29, 1.82) is 0 Å². The number of rotatable bonds is 5. The van der Waals surface area contributed by atoms with Crippen LogP contribution in [0.15, 0.2) is 60.7 Å². The van der Waals surface area contributed by atoms with Crippen LogP contribution in [0.5, 0.6) is 0 Å². The van der Waals surface area contributed by atoms with E-state index >= 15 is 0 Å². The smallest absolute Gasteiger partial charge is 0.306 e. The molecule has 0 spiro atoms. The van der Waals surface area contributed by atoms with Gasteiger partial charge < -0.3 is 10.4 Å². The fraction of sp³-hybridized carbons (Fsp3) is 0.300. The number of amides is 1. The molecule has 0 radical (unpaired) electrons. The summed E-state index contributed by atoms with van der Waals surface area (Å²) in [6.45, 7) is 0. The van der Waals surface area contributed by atoms with Gasteiger partial charge in [0.25, 0.3) is 0 Å². The maximum Gasteiger partial charge on any atom is 0.306 e. The molecule has 1 aliphatic carbocycles. The number of hydrogen-bond acceptors (Lipinski definition) is 2. The number of benzene rings is 2. The second-order valence-electron chi connectivity index (χ2n) is 6.31. The highest BCUT2D eigenvalue weighted by atomic mass is 16.4. The first-order chi connectivity index (χ1) is 11.6. The molecule has 2 aromatic rings. The molecule has 124 valence electrons. The van der Waals surface area contributed by atoms with Crippen LogP contribution in [0.25, 0.3) is 0 Å². The Balaban J connectivity index is 1.79. The van der Waals surface area contributed by atoms with Crippen LogP contribution in [0.4, 0.5) is 0 Å². The highest BCUT2D eigenvalue weighted by Crippen LogP contribution is 2.29. The Morgan fingerprint density at radius 2 is 1.46 bits per heavy atom. The topological polar surface area (TPSA) is 66.4 Å². The molecule has 0 aliphatic heterocycles. The number of aliphatic carboxylic acids is 1. The third-order valence-electron chi connectivity index (χ3n) is 4.66. The van der Waals surface area contributed by atoms with Crippen molar-refractivity contribution in [2.75, 3.05) is 0 Å². The van der Waals surface area contributed by atoms with Crippen molar-refractivity contribution in [3.63, 3.8) is 0 Å². The standard InChI is InChI=1S/C20H21NO3/c22-19(21-17-12-11-16(13-17)20(23)24)18(14-7-3-1-4-8-14)15-9-5-2-6-10-15/h1-10,16-18H,11-13H2,(H,21,22)(H,23,24)/t16-,17+/m1/s1. The Morgan fingerprint density at radius 1 is 0.917 bits per heavy atom. The molecule has 2 atom stereocenters. The number of hydrogen-bond donors (Lipinski definition) is 2. The molecule has 1 fully saturated rings. The SMILES string of the molecule is O=C(N[C@H]1CC[C@@H](C(=O)O)C1)C(c1ccccc1)c1ccccc1. The summed E-state index contributed by atoms with van der Waals surface area (Å²) in [7, 11) is 0. The summed E-state index contributed by atoms with van der Waals surface area (Å²) in [4.78, 5) is 24.0. The van der Waals surface area contributed by atoms with E-state index in [1.54, 1.807) is 0 Å². The van der Waals surface area contributed by atoms with E-state index in [4.69, 9.17) is 5.11 Å². The molecule has 1 saturated carbocycles. The summed E-state index contributed by atoms with van der Waals surface area (Å²) < 4.78 is 0. The monoisotopic (exact) mass is 323 g/mol. The van der Waals surface area contributed by atoms with E-state index in [1.807, 2.05) is 60.7 Å². The lowest BCUT2D eigenvalue weighted by Gasteiger charge is -2.21. The van der Waals surface area contributed by atoms with E-state index in [1.165, 1.54) is 0 Å². The van der Waals surface area contributed by atoms with Crippen molar-refractivity contribution in [1.82, 2.24) is 5.32 Å². The first-order valence-electron chi connectivity index (χ1n) is 8.28. The third-order valence-corrected chi connectivity index (χ3v) is 4.66. The Morgan fingerprint density at radius 3 is 1.92 bits per heavy atom. The molecule has 24 heavy (non-hydrogen) atoms. The fourth-order valence-electron chi connectivity index (χ4n) is 3.41. The Kier molecular flexibility index (Phi) is 4.94. The van der Waals surface area contributed by atoms with Gasteiger partial charge in [0.05, 0.1) is 11.8 Å². The van der Waals surface area contributed by atoms with Gasteiger partial charge in [0.2, 0.25) is 5.91 Å². The Hall–Kier alpha value is -2.62. The predicted octanol–water partition coefficient (Wildman–Crippen LogP) is 3.19. The van der Waals surface area contributed by atoms with Crippen molar-refractivity contribution < 1.29 is 14.7 Å². The van der Waals surface area contributed by atoms with Crippen molar-refractivity contribution in [2.24, 2.45) is 5.92 Å². The van der Waals surface area contributed by atoms with Gasteiger partial charge in [-0.25, -0.2) is 0 Å². The number of carbonyl (C=O) groups is 2. The normalized spacial score (nSPS) is 20.0. The molecule has 0 unspecified atom stereocenters. The zero-order chi connectivity index (χ0) is 16.9. The maximum atomic E-state index is 12.9. The first-order valence-corrected chi connectivity index (χ1v) is 8.28. The van der Waals surface area contributed by atoms with E-state index < -0.39 is 5.97 Å². The van der Waals surface area contributed by atoms with Crippen LogP contribution in [-0.2, 0) is 9.59 Å². The third kappa shape index (κ3) is 3.65. The lowest BCUT2D eigenvalue weighted by molar-refractivity contribution is -0.141. The molecule has 1 aliphatic rings. The molecule has 2 aromatic carbocycles. The lowest BCUT2D eigenvalue weighted by atomic mass is 9.90. The van der Waals surface area contributed by atoms with Crippen LogP contribution in [0, 0.1) is 5.92 Å². The van der Waals surface area contributed by atoms with Crippen LogP contribution in [0.3, 0.4) is 0 Å². The number of nitrogens with one attached hydrogen (secondary N) is 1. The van der Waals surface area contributed by atoms with Gasteiger partial charge in [0.1, 0.15) is 0 Å². The second-order valence-corrected chi connectivity index (χ2v) is 6.31. The summed E-state index contributed by atoms with van der Waals surface area (Å²) in [6.07, 6.45) is 1.86. The largest absolute Gasteiger partial charge is 0.481 e. The first kappa shape index (κ1) is 16.2. The van der Waals surface area contributed by atoms with E-state index in [-0.39, 0.29) is 23.8 Å². The van der Waals surface area contributed by atoms with Crippen LogP contribution >= 0.6 is 0 Å². The highest BCUT2D eigenvalue weighted by Gasteiger charge is 2.32. The lowest BCUT2D eigenvalue weighted by Crippen LogP contribution is -2.37. The van der Waals surface area contributed by atoms with Gasteiger partial charge in [-0.1, -0.05) is 60.7 Å². The van der Waals surface area contributed by atoms with E-state index in [0.29, 0.717) is 12.8 Å². The zero-order valence-electron chi connectivity index (χ0n) is 13.4. The summed E-state index contributed by atoms with van der Waals surface area (Å²) in [5, 5.41) is 12.2. The summed E-state index contributed by atoms with van der Waals surface area (Å²) >= 11 is 0. The van der Waals surface area contributed by atoms with Crippen molar-refractivity contribution >= 4 is 11.9 Å². The van der Waals surface area contributed by atoms with Gasteiger partial charge in [0.15, 0.2) is 0 Å². The van der Waals surface area contributed by atoms with Crippen LogP contribution < -0.4 is 5.32 Å². The molecule has 2 N–H and O–H groups in total. The summed E-state index contributed by atoms with van der Waals surface area (Å²) in [6, 6.07) is 19.3. The van der Waals surface area contributed by atoms with E-state index in [9.17, 15) is 9.59 Å². The summed E-state index contributed by atoms with van der Waals surface area (Å²) in [5.74, 6) is -1.56. The van der Waals surface area contributed by atoms with Crippen molar-refractivity contribution in [2.45, 2.75) is 31.2 Å². The van der Waals surface area contributed by atoms with Crippen LogP contribution in [0.1, 0.15) is 36.3 Å². The minimum atomic E-state index is -0.769. The molecule has 0 heterocycles. The van der Waals surface area contributed by atoms with E-state index in [0.717, 1.165) is 17.5 Å². The molecule has 1 amide bonds. The quantitative estimate of drug-likeness (QED) is 0.888. The van der Waals surface area contributed by atoms with Gasteiger partial charge in [-0.2, -0.15) is 0 Å². The van der Waals surface area contributed by atoms with Gasteiger partial charge in [-0.15, -0.1) is 0 Å². The number of carboxylic acid groups (broad SMARTS) is 1. The average molecular weight is 323 g/mol. The molecule has 0 bridgehead atoms. The van der Waals surface area contributed by atoms with Gasteiger partial charge in [-0.05, 0) is 30.4 Å². The zero-order valence-corrected chi connectivity index (χ0v) is 13.4. The van der Waals surface area contributed by atoms with Crippen LogP contribution in [-0.4, -0.2) is 23.0 Å². The maximum absolute atomic E-state index is 12.9. The molecule has 0 saturated heterocycles. The molecular formula is C20H21NO3.